The van der Waals surface area contributed by atoms with E-state index in [9.17, 15) is 31.1 Å². The second kappa shape index (κ2) is 13.5. The number of alkyl halides is 6. The number of aromatic nitrogens is 2. The number of pyridine rings is 1. The van der Waals surface area contributed by atoms with Crippen LogP contribution in [-0.4, -0.2) is 81.1 Å². The van der Waals surface area contributed by atoms with Gasteiger partial charge < -0.3 is 20.3 Å². The molecule has 0 aliphatic carbocycles. The van der Waals surface area contributed by atoms with Crippen molar-refractivity contribution in [3.63, 3.8) is 0 Å². The lowest BCUT2D eigenvalue weighted by atomic mass is 9.90. The molecule has 17 heteroatoms. The number of anilines is 1. The van der Waals surface area contributed by atoms with Gasteiger partial charge in [-0.05, 0) is 18.1 Å². The minimum atomic E-state index is -5.08. The van der Waals surface area contributed by atoms with Gasteiger partial charge in [-0.3, -0.25) is 14.7 Å². The van der Waals surface area contributed by atoms with Gasteiger partial charge in [0.1, 0.15) is 5.01 Å². The number of halogens is 6. The molecule has 2 aromatic rings. The number of aliphatic carboxylic acids is 2. The fourth-order valence-electron chi connectivity index (χ4n) is 3.63. The van der Waals surface area contributed by atoms with E-state index in [0.29, 0.717) is 18.9 Å². The first kappa shape index (κ1) is 30.9. The molecule has 3 atom stereocenters. The van der Waals surface area contributed by atoms with Crippen LogP contribution >= 0.6 is 11.3 Å². The lowest BCUT2D eigenvalue weighted by Crippen LogP contribution is -2.26. The molecule has 3 N–H and O–H groups in total. The van der Waals surface area contributed by atoms with Crippen LogP contribution in [0.2, 0.25) is 0 Å². The molecule has 2 aliphatic heterocycles. The Kier molecular flexibility index (Phi) is 11.0. The summed E-state index contributed by atoms with van der Waals surface area (Å²) >= 11 is 1.69. The lowest BCUT2D eigenvalue weighted by molar-refractivity contribution is -0.193. The number of carboxylic acids is 2. The Morgan fingerprint density at radius 3 is 2.21 bits per heavy atom. The third kappa shape index (κ3) is 10.2. The summed E-state index contributed by atoms with van der Waals surface area (Å²) in [6.07, 6.45) is -4.21. The minimum absolute atomic E-state index is 0.0376. The van der Waals surface area contributed by atoms with Crippen molar-refractivity contribution in [1.29, 1.82) is 0 Å². The number of amides is 1. The topological polar surface area (TPSA) is 142 Å². The van der Waals surface area contributed by atoms with Crippen LogP contribution in [0.3, 0.4) is 0 Å². The van der Waals surface area contributed by atoms with E-state index >= 15 is 0 Å². The number of fused-ring (bicyclic) bond motifs is 1. The van der Waals surface area contributed by atoms with E-state index in [4.69, 9.17) is 24.5 Å². The van der Waals surface area contributed by atoms with Gasteiger partial charge in [-0.1, -0.05) is 0 Å². The second-order valence-electron chi connectivity index (χ2n) is 8.02. The van der Waals surface area contributed by atoms with Crippen molar-refractivity contribution in [2.24, 2.45) is 11.8 Å². The summed E-state index contributed by atoms with van der Waals surface area (Å²) in [5.41, 5.74) is 0.745. The zero-order chi connectivity index (χ0) is 28.5. The Bertz CT molecular complexity index is 1030. The molecule has 2 saturated heterocycles. The first-order chi connectivity index (χ1) is 17.7. The number of hydrogen-bond donors (Lipinski definition) is 3. The smallest absolute Gasteiger partial charge is 0.475 e. The molecular weight excluding hydrogens is 550 g/mol. The van der Waals surface area contributed by atoms with E-state index in [1.807, 2.05) is 23.7 Å². The highest BCUT2D eigenvalue weighted by molar-refractivity contribution is 7.09. The average Bonchev–Trinajstić information content (AvgIpc) is 3.54. The van der Waals surface area contributed by atoms with Crippen LogP contribution in [0.4, 0.5) is 32.0 Å². The van der Waals surface area contributed by atoms with Crippen molar-refractivity contribution in [3.8, 4) is 0 Å². The quantitative estimate of drug-likeness (QED) is 0.460. The van der Waals surface area contributed by atoms with E-state index in [1.165, 1.54) is 0 Å². The van der Waals surface area contributed by atoms with E-state index < -0.39 is 24.3 Å². The summed E-state index contributed by atoms with van der Waals surface area (Å²) in [6, 6.07) is 3.67. The lowest BCUT2D eigenvalue weighted by Gasteiger charge is -2.18. The van der Waals surface area contributed by atoms with Gasteiger partial charge in [0.15, 0.2) is 0 Å². The van der Waals surface area contributed by atoms with Crippen molar-refractivity contribution in [2.45, 2.75) is 31.4 Å². The van der Waals surface area contributed by atoms with Gasteiger partial charge in [0.2, 0.25) is 5.91 Å². The minimum Gasteiger partial charge on any atom is -0.475 e. The first-order valence-electron chi connectivity index (χ1n) is 10.7. The summed E-state index contributed by atoms with van der Waals surface area (Å²) in [5.74, 6) is -4.76. The zero-order valence-corrected chi connectivity index (χ0v) is 20.1. The Morgan fingerprint density at radius 1 is 1.08 bits per heavy atom. The van der Waals surface area contributed by atoms with Gasteiger partial charge in [0.25, 0.3) is 0 Å². The monoisotopic (exact) mass is 572 g/mol. The van der Waals surface area contributed by atoms with Crippen molar-refractivity contribution >= 4 is 34.9 Å². The fourth-order valence-corrected chi connectivity index (χ4v) is 4.29. The Balaban J connectivity index is 0.000000301. The molecule has 0 bridgehead atoms. The molecule has 2 aliphatic rings. The van der Waals surface area contributed by atoms with Crippen LogP contribution in [0.1, 0.15) is 11.4 Å². The summed E-state index contributed by atoms with van der Waals surface area (Å²) in [4.78, 5) is 40.8. The molecule has 2 fully saturated rings. The standard InChI is InChI=1S/C17H20N4O2S.2C2HF3O2/c22-16(20-13-2-1-3-18-7-13)6-12-11-23-15-9-21(8-14(12)15)10-17-19-4-5-24-17;2*3-2(4,5)1(6)7/h1-5,7,12,14-15H,6,8-11H2,(H,20,22);2*(H,6,7)/t12-,14+,15+;;/m0../s1. The summed E-state index contributed by atoms with van der Waals surface area (Å²) in [6.45, 7) is 3.48. The van der Waals surface area contributed by atoms with Crippen LogP contribution in [0.25, 0.3) is 0 Å². The maximum Gasteiger partial charge on any atom is 0.490 e. The summed E-state index contributed by atoms with van der Waals surface area (Å²) in [7, 11) is 0. The van der Waals surface area contributed by atoms with Crippen molar-refractivity contribution in [2.75, 3.05) is 25.0 Å². The van der Waals surface area contributed by atoms with Crippen LogP contribution in [-0.2, 0) is 25.7 Å². The third-order valence-corrected chi connectivity index (χ3v) is 6.00. The zero-order valence-electron chi connectivity index (χ0n) is 19.3. The average molecular weight is 572 g/mol. The van der Waals surface area contributed by atoms with Gasteiger partial charge >= 0.3 is 24.3 Å². The number of carbonyl (C=O) groups is 3. The maximum atomic E-state index is 12.3. The maximum absolute atomic E-state index is 12.3. The molecule has 38 heavy (non-hydrogen) atoms. The highest BCUT2D eigenvalue weighted by Crippen LogP contribution is 2.36. The van der Waals surface area contributed by atoms with Crippen LogP contribution in [0.15, 0.2) is 36.1 Å². The number of thiazole rings is 1. The van der Waals surface area contributed by atoms with E-state index in [1.54, 1.807) is 23.7 Å². The molecule has 4 rings (SSSR count). The fraction of sp³-hybridized carbons (Fsp3) is 0.476. The van der Waals surface area contributed by atoms with Crippen LogP contribution < -0.4 is 5.32 Å². The molecule has 0 unspecified atom stereocenters. The van der Waals surface area contributed by atoms with Gasteiger partial charge in [-0.15, -0.1) is 11.3 Å². The highest BCUT2D eigenvalue weighted by atomic mass is 32.1. The normalized spacial score (nSPS) is 20.8. The molecule has 0 saturated carbocycles. The van der Waals surface area contributed by atoms with Crippen molar-refractivity contribution in [3.05, 3.63) is 41.1 Å². The summed E-state index contributed by atoms with van der Waals surface area (Å²) in [5, 5.41) is 20.3. The SMILES string of the molecule is O=C(C[C@H]1CO[C@@H]2CN(Cc3nccs3)C[C@H]12)Nc1cccnc1.O=C(O)C(F)(F)F.O=C(O)C(F)(F)F. The van der Waals surface area contributed by atoms with Crippen LogP contribution in [0, 0.1) is 11.8 Å². The van der Waals surface area contributed by atoms with Gasteiger partial charge in [-0.2, -0.15) is 26.3 Å². The number of rotatable bonds is 5. The van der Waals surface area contributed by atoms with Gasteiger partial charge in [-0.25, -0.2) is 14.6 Å². The van der Waals surface area contributed by atoms with E-state index in [2.05, 4.69) is 20.2 Å². The van der Waals surface area contributed by atoms with Crippen molar-refractivity contribution < 1.29 is 55.7 Å². The third-order valence-electron chi connectivity index (χ3n) is 5.23. The number of nitrogens with zero attached hydrogens (tertiary/aromatic N) is 3. The molecule has 210 valence electrons. The van der Waals surface area contributed by atoms with Gasteiger partial charge in [0, 0.05) is 43.2 Å². The number of ether oxygens (including phenoxy) is 1. The molecule has 4 heterocycles. The Labute approximate surface area is 215 Å². The number of hydrogen-bond acceptors (Lipinski definition) is 8. The summed E-state index contributed by atoms with van der Waals surface area (Å²) < 4.78 is 69.4. The Hall–Kier alpha value is -3.31. The number of likely N-dealkylation sites (tertiary alicyclic amines) is 1. The van der Waals surface area contributed by atoms with Crippen molar-refractivity contribution in [1.82, 2.24) is 14.9 Å². The number of nitrogens with one attached hydrogen (secondary N) is 1. The Morgan fingerprint density at radius 2 is 1.71 bits per heavy atom. The molecule has 1 amide bonds. The van der Waals surface area contributed by atoms with E-state index in [0.717, 1.165) is 30.3 Å². The number of carboxylic acid groups (broad SMARTS) is 2. The first-order valence-corrected chi connectivity index (χ1v) is 11.6. The molecule has 0 radical (unpaired) electrons. The molecular formula is C21H22F6N4O6S. The highest BCUT2D eigenvalue weighted by Gasteiger charge is 2.44. The molecule has 2 aromatic heterocycles. The largest absolute Gasteiger partial charge is 0.490 e. The molecule has 0 spiro atoms. The van der Waals surface area contributed by atoms with Gasteiger partial charge in [0.05, 0.1) is 31.1 Å². The molecule has 10 nitrogen and oxygen atoms in total. The number of carbonyl (C=O) groups excluding carboxylic acids is 1. The predicted octanol–water partition coefficient (Wildman–Crippen LogP) is 3.28. The molecule has 0 aromatic carbocycles. The predicted molar refractivity (Wildman–Crippen MR) is 119 cm³/mol. The van der Waals surface area contributed by atoms with Crippen LogP contribution in [0.5, 0.6) is 0 Å². The second-order valence-corrected chi connectivity index (χ2v) is 8.99. The van der Waals surface area contributed by atoms with E-state index in [-0.39, 0.29) is 17.9 Å².